The van der Waals surface area contributed by atoms with Crippen molar-refractivity contribution in [1.82, 2.24) is 5.32 Å². The van der Waals surface area contributed by atoms with Crippen LogP contribution in [0.3, 0.4) is 0 Å². The van der Waals surface area contributed by atoms with Crippen LogP contribution in [-0.2, 0) is 11.2 Å². The van der Waals surface area contributed by atoms with Crippen molar-refractivity contribution in [3.8, 4) is 5.75 Å². The number of rotatable bonds is 6. The normalized spacial score (nSPS) is 10.1. The first-order valence-corrected chi connectivity index (χ1v) is 9.13. The summed E-state index contributed by atoms with van der Waals surface area (Å²) in [5.74, 6) is 0.372. The molecule has 2 N–H and O–H groups in total. The van der Waals surface area contributed by atoms with E-state index < -0.39 is 0 Å². The van der Waals surface area contributed by atoms with Crippen molar-refractivity contribution in [2.24, 2.45) is 0 Å². The molecule has 6 heteroatoms. The predicted molar refractivity (Wildman–Crippen MR) is 109 cm³/mol. The van der Waals surface area contributed by atoms with E-state index in [-0.39, 0.29) is 17.6 Å². The average Bonchev–Trinajstić information content (AvgIpc) is 2.56. The molecule has 0 saturated heterocycles. The van der Waals surface area contributed by atoms with Gasteiger partial charge in [0.15, 0.2) is 11.7 Å². The van der Waals surface area contributed by atoms with E-state index in [2.05, 4.69) is 40.1 Å². The average molecular weight is 454 g/mol. The molecule has 0 aliphatic carbocycles. The Bertz CT molecular complexity index is 687. The van der Waals surface area contributed by atoms with Gasteiger partial charge in [-0.15, -0.1) is 0 Å². The number of anilines is 1. The third-order valence-corrected chi connectivity index (χ3v) is 4.11. The summed E-state index contributed by atoms with van der Waals surface area (Å²) < 4.78 is 6.60. The molecule has 24 heavy (non-hydrogen) atoms. The van der Waals surface area contributed by atoms with E-state index in [4.69, 9.17) is 17.0 Å². The number of hydrogen-bond donors (Lipinski definition) is 2. The first-order chi connectivity index (χ1) is 11.6. The maximum absolute atomic E-state index is 11.9. The third-order valence-electron chi connectivity index (χ3n) is 3.19. The molecule has 2 aromatic carbocycles. The van der Waals surface area contributed by atoms with Crippen LogP contribution >= 0.6 is 34.8 Å². The van der Waals surface area contributed by atoms with Crippen LogP contribution < -0.4 is 15.4 Å². The molecule has 2 aromatic rings. The van der Waals surface area contributed by atoms with E-state index >= 15 is 0 Å². The van der Waals surface area contributed by atoms with Crippen molar-refractivity contribution in [2.75, 3.05) is 11.9 Å². The SMILES string of the molecule is CCCc1ccc(OCC(=O)NC(=S)Nc2ccc(I)cc2)cc1. The first kappa shape index (κ1) is 18.7. The molecule has 0 radical (unpaired) electrons. The fourth-order valence-corrected chi connectivity index (χ4v) is 2.64. The van der Waals surface area contributed by atoms with Crippen molar-refractivity contribution >= 4 is 51.5 Å². The number of aryl methyl sites for hydroxylation is 1. The second-order valence-corrected chi connectivity index (χ2v) is 6.85. The van der Waals surface area contributed by atoms with Crippen LogP contribution in [0, 0.1) is 3.57 Å². The van der Waals surface area contributed by atoms with Crippen molar-refractivity contribution in [3.05, 3.63) is 57.7 Å². The number of amides is 1. The lowest BCUT2D eigenvalue weighted by atomic mass is 10.1. The molecule has 0 aliphatic heterocycles. The van der Waals surface area contributed by atoms with Crippen LogP contribution in [0.25, 0.3) is 0 Å². The summed E-state index contributed by atoms with van der Waals surface area (Å²) in [6.07, 6.45) is 2.15. The van der Waals surface area contributed by atoms with Crippen LogP contribution in [-0.4, -0.2) is 17.6 Å². The molecule has 4 nitrogen and oxygen atoms in total. The summed E-state index contributed by atoms with van der Waals surface area (Å²) in [5.41, 5.74) is 2.09. The lowest BCUT2D eigenvalue weighted by Gasteiger charge is -2.10. The van der Waals surface area contributed by atoms with Crippen LogP contribution in [0.15, 0.2) is 48.5 Å². The number of carbonyl (C=O) groups is 1. The standard InChI is InChI=1S/C18H19IN2O2S/c1-2-3-13-4-10-16(11-5-13)23-12-17(22)21-18(24)20-15-8-6-14(19)7-9-15/h4-11H,2-3,12H2,1H3,(H2,20,21,22,24). The summed E-state index contributed by atoms with van der Waals surface area (Å²) in [4.78, 5) is 11.9. The van der Waals surface area contributed by atoms with Gasteiger partial charge in [-0.05, 0) is 83.2 Å². The topological polar surface area (TPSA) is 50.4 Å². The molecule has 0 aromatic heterocycles. The van der Waals surface area contributed by atoms with Crippen molar-refractivity contribution in [2.45, 2.75) is 19.8 Å². The van der Waals surface area contributed by atoms with Gasteiger partial charge in [0.25, 0.3) is 5.91 Å². The minimum atomic E-state index is -0.296. The van der Waals surface area contributed by atoms with Gasteiger partial charge in [-0.2, -0.15) is 0 Å². The highest BCUT2D eigenvalue weighted by Crippen LogP contribution is 2.13. The Morgan fingerprint density at radius 3 is 2.42 bits per heavy atom. The molecule has 2 rings (SSSR count). The van der Waals surface area contributed by atoms with Gasteiger partial charge in [0.05, 0.1) is 0 Å². The lowest BCUT2D eigenvalue weighted by Crippen LogP contribution is -2.37. The van der Waals surface area contributed by atoms with Crippen molar-refractivity contribution in [1.29, 1.82) is 0 Å². The molecule has 0 spiro atoms. The van der Waals surface area contributed by atoms with Crippen LogP contribution in [0.2, 0.25) is 0 Å². The highest BCUT2D eigenvalue weighted by molar-refractivity contribution is 14.1. The Morgan fingerprint density at radius 1 is 1.12 bits per heavy atom. The molecule has 1 amide bonds. The molecule has 0 atom stereocenters. The first-order valence-electron chi connectivity index (χ1n) is 7.65. The van der Waals surface area contributed by atoms with Gasteiger partial charge in [0, 0.05) is 9.26 Å². The maximum atomic E-state index is 11.9. The zero-order valence-electron chi connectivity index (χ0n) is 13.3. The second-order valence-electron chi connectivity index (χ2n) is 5.19. The van der Waals surface area contributed by atoms with Crippen molar-refractivity contribution < 1.29 is 9.53 Å². The van der Waals surface area contributed by atoms with Gasteiger partial charge in [0.1, 0.15) is 5.75 Å². The summed E-state index contributed by atoms with van der Waals surface area (Å²) in [5, 5.41) is 5.81. The Hall–Kier alpha value is -1.67. The quantitative estimate of drug-likeness (QED) is 0.509. The molecule has 0 heterocycles. The second kappa shape index (κ2) is 9.58. The Balaban J connectivity index is 1.76. The van der Waals surface area contributed by atoms with E-state index in [9.17, 15) is 4.79 Å². The van der Waals surface area contributed by atoms with Gasteiger partial charge in [-0.3, -0.25) is 10.1 Å². The molecule has 0 fully saturated rings. The highest BCUT2D eigenvalue weighted by atomic mass is 127. The molecule has 126 valence electrons. The summed E-state index contributed by atoms with van der Waals surface area (Å²) >= 11 is 7.35. The zero-order chi connectivity index (χ0) is 17.4. The number of nitrogens with one attached hydrogen (secondary N) is 2. The van der Waals surface area contributed by atoms with E-state index in [1.807, 2.05) is 48.5 Å². The number of ether oxygens (including phenoxy) is 1. The fraction of sp³-hybridized carbons (Fsp3) is 0.222. The minimum absolute atomic E-state index is 0.0817. The van der Waals surface area contributed by atoms with Gasteiger partial charge >= 0.3 is 0 Å². The van der Waals surface area contributed by atoms with E-state index in [1.165, 1.54) is 5.56 Å². The third kappa shape index (κ3) is 6.45. The Labute approximate surface area is 161 Å². The van der Waals surface area contributed by atoms with Gasteiger partial charge in [-0.25, -0.2) is 0 Å². The van der Waals surface area contributed by atoms with Gasteiger partial charge in [-0.1, -0.05) is 25.5 Å². The molecule has 0 saturated carbocycles. The molecular formula is C18H19IN2O2S. The molecule has 0 unspecified atom stereocenters. The number of carbonyl (C=O) groups excluding carboxylic acids is 1. The van der Waals surface area contributed by atoms with Gasteiger partial charge in [0.2, 0.25) is 0 Å². The maximum Gasteiger partial charge on any atom is 0.264 e. The molecular weight excluding hydrogens is 435 g/mol. The zero-order valence-corrected chi connectivity index (χ0v) is 16.3. The van der Waals surface area contributed by atoms with E-state index in [1.54, 1.807) is 0 Å². The smallest absolute Gasteiger partial charge is 0.264 e. The fourth-order valence-electron chi connectivity index (χ4n) is 2.05. The minimum Gasteiger partial charge on any atom is -0.484 e. The predicted octanol–water partition coefficient (Wildman–Crippen LogP) is 4.14. The molecule has 0 bridgehead atoms. The number of hydrogen-bond acceptors (Lipinski definition) is 3. The summed E-state index contributed by atoms with van der Waals surface area (Å²) in [6.45, 7) is 2.06. The van der Waals surface area contributed by atoms with E-state index in [0.717, 1.165) is 22.1 Å². The van der Waals surface area contributed by atoms with Gasteiger partial charge < -0.3 is 10.1 Å². The Kier molecular flexibility index (Phi) is 7.45. The summed E-state index contributed by atoms with van der Waals surface area (Å²) in [6, 6.07) is 15.5. The Morgan fingerprint density at radius 2 is 1.79 bits per heavy atom. The molecule has 0 aliphatic rings. The number of benzene rings is 2. The van der Waals surface area contributed by atoms with E-state index in [0.29, 0.717) is 5.75 Å². The lowest BCUT2D eigenvalue weighted by molar-refractivity contribution is -0.121. The number of halogens is 1. The van der Waals surface area contributed by atoms with Crippen LogP contribution in [0.5, 0.6) is 5.75 Å². The van der Waals surface area contributed by atoms with Crippen LogP contribution in [0.4, 0.5) is 5.69 Å². The largest absolute Gasteiger partial charge is 0.484 e. The van der Waals surface area contributed by atoms with Crippen LogP contribution in [0.1, 0.15) is 18.9 Å². The number of thiocarbonyl (C=S) groups is 1. The summed E-state index contributed by atoms with van der Waals surface area (Å²) in [7, 11) is 0. The van der Waals surface area contributed by atoms with Crippen molar-refractivity contribution in [3.63, 3.8) is 0 Å². The highest BCUT2D eigenvalue weighted by Gasteiger charge is 2.06. The monoisotopic (exact) mass is 454 g/mol.